The molecule has 1 saturated heterocycles. The molecule has 0 spiro atoms. The summed E-state index contributed by atoms with van der Waals surface area (Å²) in [4.78, 5) is 10.5. The summed E-state index contributed by atoms with van der Waals surface area (Å²) in [6.07, 6.45) is 13.1. The van der Waals surface area contributed by atoms with Gasteiger partial charge in [0.2, 0.25) is 0 Å². The predicted octanol–water partition coefficient (Wildman–Crippen LogP) is 4.55. The van der Waals surface area contributed by atoms with Crippen LogP contribution in [0.25, 0.3) is 0 Å². The summed E-state index contributed by atoms with van der Waals surface area (Å²) < 4.78 is 11.4. The molecule has 1 aliphatic rings. The lowest BCUT2D eigenvalue weighted by molar-refractivity contribution is -0.273. The number of rotatable bonds is 19. The van der Waals surface area contributed by atoms with Crippen molar-refractivity contribution in [1.29, 1.82) is 0 Å². The Hall–Kier alpha value is -0.730. The van der Waals surface area contributed by atoms with Crippen LogP contribution in [0.3, 0.4) is 0 Å². The van der Waals surface area contributed by atoms with E-state index in [4.69, 9.17) is 14.6 Å². The van der Waals surface area contributed by atoms with Gasteiger partial charge in [-0.2, -0.15) is 0 Å². The van der Waals surface area contributed by atoms with Crippen LogP contribution in [0.1, 0.15) is 117 Å². The quantitative estimate of drug-likeness (QED) is 0.209. The van der Waals surface area contributed by atoms with Crippen LogP contribution in [-0.4, -0.2) is 63.2 Å². The Bertz CT molecular complexity index is 473. The first kappa shape index (κ1) is 29.3. The van der Waals surface area contributed by atoms with Gasteiger partial charge in [0.25, 0.3) is 0 Å². The van der Waals surface area contributed by atoms with E-state index < -0.39 is 30.6 Å². The van der Waals surface area contributed by atoms with Gasteiger partial charge in [-0.05, 0) is 26.7 Å². The Morgan fingerprint density at radius 1 is 0.875 bits per heavy atom. The van der Waals surface area contributed by atoms with Crippen LogP contribution in [0.2, 0.25) is 0 Å². The monoisotopic (exact) mass is 460 g/mol. The number of aliphatic carboxylic acids is 1. The van der Waals surface area contributed by atoms with Crippen molar-refractivity contribution < 1.29 is 34.7 Å². The van der Waals surface area contributed by atoms with Crippen molar-refractivity contribution in [2.45, 2.75) is 153 Å². The number of hydrogen-bond acceptors (Lipinski definition) is 6. The predicted molar refractivity (Wildman–Crippen MR) is 124 cm³/mol. The Labute approximate surface area is 194 Å². The van der Waals surface area contributed by atoms with Crippen molar-refractivity contribution in [2.24, 2.45) is 0 Å². The normalized spacial score (nSPS) is 25.5. The highest BCUT2D eigenvalue weighted by molar-refractivity contribution is 5.67. The van der Waals surface area contributed by atoms with Crippen molar-refractivity contribution in [1.82, 2.24) is 0 Å². The van der Waals surface area contributed by atoms with Crippen LogP contribution in [0.4, 0.5) is 0 Å². The zero-order chi connectivity index (χ0) is 23.8. The van der Waals surface area contributed by atoms with E-state index >= 15 is 0 Å². The van der Waals surface area contributed by atoms with Crippen LogP contribution < -0.4 is 0 Å². The number of aliphatic hydroxyl groups excluding tert-OH is 3. The molecule has 1 heterocycles. The summed E-state index contributed by atoms with van der Waals surface area (Å²) in [6.45, 7) is 3.82. The summed E-state index contributed by atoms with van der Waals surface area (Å²) in [6, 6.07) is 0. The fourth-order valence-corrected chi connectivity index (χ4v) is 4.25. The molecule has 0 aromatic carbocycles. The van der Waals surface area contributed by atoms with E-state index in [0.29, 0.717) is 12.8 Å². The molecule has 0 radical (unpaired) electrons. The van der Waals surface area contributed by atoms with E-state index in [1.54, 1.807) is 6.92 Å². The van der Waals surface area contributed by atoms with Gasteiger partial charge in [-0.15, -0.1) is 0 Å². The molecule has 190 valence electrons. The van der Waals surface area contributed by atoms with Crippen LogP contribution in [0.5, 0.6) is 0 Å². The van der Waals surface area contributed by atoms with Crippen LogP contribution >= 0.6 is 0 Å². The highest BCUT2D eigenvalue weighted by atomic mass is 16.7. The molecular weight excluding hydrogens is 412 g/mol. The maximum absolute atomic E-state index is 10.5. The summed E-state index contributed by atoms with van der Waals surface area (Å²) in [5, 5.41) is 37.8. The average Bonchev–Trinajstić information content (AvgIpc) is 2.71. The first-order chi connectivity index (χ1) is 15.3. The minimum atomic E-state index is -0.927. The number of carbonyl (C=O) groups is 1. The zero-order valence-electron chi connectivity index (χ0n) is 20.3. The largest absolute Gasteiger partial charge is 0.481 e. The number of hydrogen-bond donors (Lipinski definition) is 4. The van der Waals surface area contributed by atoms with Gasteiger partial charge in [0.15, 0.2) is 6.29 Å². The molecule has 0 aromatic heterocycles. The first-order valence-electron chi connectivity index (χ1n) is 12.9. The molecule has 1 rings (SSSR count). The number of carboxylic acids is 1. The highest BCUT2D eigenvalue weighted by Crippen LogP contribution is 2.23. The topological polar surface area (TPSA) is 116 Å². The first-order valence-corrected chi connectivity index (χ1v) is 12.9. The molecule has 6 atom stereocenters. The summed E-state index contributed by atoms with van der Waals surface area (Å²) >= 11 is 0. The standard InChI is InChI=1S/C25H48O7/c1-19(31-25-23(28)18-22(27)20(2)32-25)15-13-11-9-7-5-3-4-6-8-10-12-14-16-21(26)17-24(29)30/h19-23,25-28H,3-18H2,1-2H3,(H,29,30)/t19-,20+,21-,22-,23-,25-/m1/s1. The van der Waals surface area contributed by atoms with Gasteiger partial charge in [-0.25, -0.2) is 0 Å². The zero-order valence-corrected chi connectivity index (χ0v) is 20.3. The van der Waals surface area contributed by atoms with E-state index in [9.17, 15) is 20.1 Å². The number of unbranched alkanes of at least 4 members (excludes halogenated alkanes) is 11. The molecule has 32 heavy (non-hydrogen) atoms. The highest BCUT2D eigenvalue weighted by Gasteiger charge is 2.35. The molecule has 0 aromatic rings. The van der Waals surface area contributed by atoms with E-state index in [1.807, 2.05) is 6.92 Å². The summed E-state index contributed by atoms with van der Waals surface area (Å²) in [5.41, 5.74) is 0. The second-order valence-electron chi connectivity index (χ2n) is 9.60. The molecule has 0 unspecified atom stereocenters. The van der Waals surface area contributed by atoms with Gasteiger partial charge in [-0.3, -0.25) is 4.79 Å². The lowest BCUT2D eigenvalue weighted by Gasteiger charge is -2.36. The SMILES string of the molecule is C[C@H](CCCCCCCCCCCCCC[C@@H](O)CC(=O)O)O[C@@H]1O[C@@H](C)[C@H](O)C[C@H]1O. The molecule has 0 amide bonds. The van der Waals surface area contributed by atoms with Crippen molar-refractivity contribution >= 4 is 5.97 Å². The van der Waals surface area contributed by atoms with E-state index in [-0.39, 0.29) is 18.6 Å². The van der Waals surface area contributed by atoms with Crippen LogP contribution in [0, 0.1) is 0 Å². The molecule has 0 bridgehead atoms. The third kappa shape index (κ3) is 14.4. The van der Waals surface area contributed by atoms with Gasteiger partial charge in [0.1, 0.15) is 6.10 Å². The number of aliphatic hydroxyl groups is 3. The van der Waals surface area contributed by atoms with Gasteiger partial charge in [0, 0.05) is 6.42 Å². The minimum absolute atomic E-state index is 0.0394. The smallest absolute Gasteiger partial charge is 0.305 e. The van der Waals surface area contributed by atoms with Gasteiger partial charge in [-0.1, -0.05) is 77.0 Å². The van der Waals surface area contributed by atoms with Crippen LogP contribution in [-0.2, 0) is 14.3 Å². The number of carboxylic acid groups (broad SMARTS) is 1. The average molecular weight is 461 g/mol. The number of ether oxygens (including phenoxy) is 2. The molecule has 7 heteroatoms. The Kier molecular flexibility index (Phi) is 16.2. The van der Waals surface area contributed by atoms with E-state index in [0.717, 1.165) is 25.7 Å². The van der Waals surface area contributed by atoms with E-state index in [1.165, 1.54) is 57.8 Å². The fourth-order valence-electron chi connectivity index (χ4n) is 4.25. The maximum Gasteiger partial charge on any atom is 0.305 e. The van der Waals surface area contributed by atoms with Crippen molar-refractivity contribution in [3.05, 3.63) is 0 Å². The Morgan fingerprint density at radius 3 is 1.84 bits per heavy atom. The second kappa shape index (κ2) is 17.7. The van der Waals surface area contributed by atoms with Crippen molar-refractivity contribution in [3.8, 4) is 0 Å². The van der Waals surface area contributed by atoms with E-state index in [2.05, 4.69) is 0 Å². The third-order valence-corrected chi connectivity index (χ3v) is 6.36. The molecule has 0 saturated carbocycles. The maximum atomic E-state index is 10.5. The fraction of sp³-hybridized carbons (Fsp3) is 0.960. The lowest BCUT2D eigenvalue weighted by Crippen LogP contribution is -2.48. The summed E-state index contributed by atoms with van der Waals surface area (Å²) in [7, 11) is 0. The molecular formula is C25H48O7. The summed E-state index contributed by atoms with van der Waals surface area (Å²) in [5.74, 6) is -0.927. The minimum Gasteiger partial charge on any atom is -0.481 e. The Balaban J connectivity index is 1.84. The molecule has 1 aliphatic heterocycles. The molecule has 0 aliphatic carbocycles. The van der Waals surface area contributed by atoms with Gasteiger partial charge < -0.3 is 29.9 Å². The second-order valence-corrected chi connectivity index (χ2v) is 9.60. The third-order valence-electron chi connectivity index (χ3n) is 6.36. The lowest BCUT2D eigenvalue weighted by atomic mass is 10.0. The molecule has 4 N–H and O–H groups in total. The Morgan fingerprint density at radius 2 is 1.34 bits per heavy atom. The molecule has 1 fully saturated rings. The van der Waals surface area contributed by atoms with Crippen molar-refractivity contribution in [3.63, 3.8) is 0 Å². The van der Waals surface area contributed by atoms with Crippen molar-refractivity contribution in [2.75, 3.05) is 0 Å². The van der Waals surface area contributed by atoms with Gasteiger partial charge in [0.05, 0.1) is 30.8 Å². The van der Waals surface area contributed by atoms with Gasteiger partial charge >= 0.3 is 5.97 Å². The van der Waals surface area contributed by atoms with Crippen LogP contribution in [0.15, 0.2) is 0 Å². The molecule has 7 nitrogen and oxygen atoms in total.